The minimum atomic E-state index is -0.117. The zero-order valence-electron chi connectivity index (χ0n) is 11.8. The third-order valence-corrected chi connectivity index (χ3v) is 4.51. The Morgan fingerprint density at radius 3 is 2.70 bits per heavy atom. The van der Waals surface area contributed by atoms with E-state index in [2.05, 4.69) is 18.3 Å². The summed E-state index contributed by atoms with van der Waals surface area (Å²) in [5.74, 6) is 0.781. The number of carbonyl (C=O) groups excluding carboxylic acids is 1. The second-order valence-electron chi connectivity index (χ2n) is 4.92. The maximum atomic E-state index is 11.9. The molecular weight excluding hydrogens is 268 g/mol. The van der Waals surface area contributed by atoms with Crippen molar-refractivity contribution in [3.05, 3.63) is 46.0 Å². The molecule has 104 valence electrons. The van der Waals surface area contributed by atoms with Crippen LogP contribution in [0.15, 0.2) is 34.9 Å². The third-order valence-electron chi connectivity index (χ3n) is 3.29. The highest BCUT2D eigenvalue weighted by Gasteiger charge is 2.29. The average molecular weight is 286 g/mol. The van der Waals surface area contributed by atoms with E-state index in [1.54, 1.807) is 11.8 Å². The van der Waals surface area contributed by atoms with Gasteiger partial charge in [-0.25, -0.2) is 0 Å². The standard InChI is InChI=1S/C16H18N2OS/c1-3-8-20-16-14(10-17)13(9-15(19)18-16)12-6-4-11(2)5-7-12/h4-7,13H,3,8-9H2,1-2H3,(H,18,19)/t13-/m1/s1. The highest BCUT2D eigenvalue weighted by molar-refractivity contribution is 8.03. The zero-order chi connectivity index (χ0) is 14.5. The molecule has 1 aromatic carbocycles. The molecular formula is C16H18N2OS. The molecule has 1 aliphatic rings. The van der Waals surface area contributed by atoms with Crippen molar-refractivity contribution in [2.24, 2.45) is 0 Å². The van der Waals surface area contributed by atoms with E-state index >= 15 is 0 Å². The SMILES string of the molecule is CCCSC1=C(C#N)[C@@H](c2ccc(C)cc2)CC(=O)N1. The van der Waals surface area contributed by atoms with Crippen molar-refractivity contribution in [3.8, 4) is 6.07 Å². The van der Waals surface area contributed by atoms with Crippen LogP contribution in [0, 0.1) is 18.3 Å². The minimum absolute atomic E-state index is 0.00632. The fraction of sp³-hybridized carbons (Fsp3) is 0.375. The Labute approximate surface area is 124 Å². The van der Waals surface area contributed by atoms with Gasteiger partial charge in [0.25, 0.3) is 0 Å². The lowest BCUT2D eigenvalue weighted by Gasteiger charge is -2.25. The largest absolute Gasteiger partial charge is 0.320 e. The van der Waals surface area contributed by atoms with Crippen LogP contribution in [0.2, 0.25) is 0 Å². The molecule has 0 bridgehead atoms. The summed E-state index contributed by atoms with van der Waals surface area (Å²) in [6, 6.07) is 10.4. The number of rotatable bonds is 4. The van der Waals surface area contributed by atoms with Crippen LogP contribution in [0.4, 0.5) is 0 Å². The Morgan fingerprint density at radius 1 is 1.40 bits per heavy atom. The van der Waals surface area contributed by atoms with Crippen molar-refractivity contribution >= 4 is 17.7 Å². The van der Waals surface area contributed by atoms with Crippen molar-refractivity contribution in [3.63, 3.8) is 0 Å². The number of aryl methyl sites for hydroxylation is 1. The van der Waals surface area contributed by atoms with E-state index in [0.29, 0.717) is 12.0 Å². The van der Waals surface area contributed by atoms with Gasteiger partial charge in [0.2, 0.25) is 5.91 Å². The van der Waals surface area contributed by atoms with Crippen LogP contribution in [-0.2, 0) is 4.79 Å². The van der Waals surface area contributed by atoms with Gasteiger partial charge in [0.15, 0.2) is 0 Å². The van der Waals surface area contributed by atoms with Gasteiger partial charge in [0, 0.05) is 12.3 Å². The van der Waals surface area contributed by atoms with E-state index in [9.17, 15) is 10.1 Å². The molecule has 0 saturated heterocycles. The number of hydrogen-bond donors (Lipinski definition) is 1. The quantitative estimate of drug-likeness (QED) is 0.922. The van der Waals surface area contributed by atoms with E-state index in [1.165, 1.54) is 5.56 Å². The molecule has 0 aromatic heterocycles. The fourth-order valence-corrected chi connectivity index (χ4v) is 3.16. The summed E-state index contributed by atoms with van der Waals surface area (Å²) >= 11 is 1.56. The number of allylic oxidation sites excluding steroid dienone is 1. The second kappa shape index (κ2) is 6.62. The number of nitriles is 1. The van der Waals surface area contributed by atoms with Crippen LogP contribution in [-0.4, -0.2) is 11.7 Å². The van der Waals surface area contributed by atoms with Crippen molar-refractivity contribution < 1.29 is 4.79 Å². The summed E-state index contributed by atoms with van der Waals surface area (Å²) in [6.45, 7) is 4.11. The van der Waals surface area contributed by atoms with Gasteiger partial charge in [-0.15, -0.1) is 11.8 Å². The molecule has 0 radical (unpaired) electrons. The van der Waals surface area contributed by atoms with Crippen LogP contribution in [0.5, 0.6) is 0 Å². The molecule has 3 nitrogen and oxygen atoms in total. The predicted molar refractivity (Wildman–Crippen MR) is 82.1 cm³/mol. The van der Waals surface area contributed by atoms with Crippen molar-refractivity contribution in [1.82, 2.24) is 5.32 Å². The van der Waals surface area contributed by atoms with Gasteiger partial charge in [-0.2, -0.15) is 5.26 Å². The van der Waals surface area contributed by atoms with E-state index in [-0.39, 0.29) is 11.8 Å². The molecule has 1 N–H and O–H groups in total. The van der Waals surface area contributed by atoms with Gasteiger partial charge in [-0.05, 0) is 24.7 Å². The number of nitrogens with one attached hydrogen (secondary N) is 1. The van der Waals surface area contributed by atoms with E-state index < -0.39 is 0 Å². The Morgan fingerprint density at radius 2 is 2.10 bits per heavy atom. The first kappa shape index (κ1) is 14.7. The number of nitrogens with zero attached hydrogens (tertiary/aromatic N) is 1. The normalized spacial score (nSPS) is 18.6. The minimum Gasteiger partial charge on any atom is -0.320 e. The van der Waals surface area contributed by atoms with Gasteiger partial charge in [0.05, 0.1) is 16.7 Å². The monoisotopic (exact) mass is 286 g/mol. The average Bonchev–Trinajstić information content (AvgIpc) is 2.45. The molecule has 4 heteroatoms. The zero-order valence-corrected chi connectivity index (χ0v) is 12.6. The van der Waals surface area contributed by atoms with E-state index in [4.69, 9.17) is 0 Å². The first-order valence-corrected chi connectivity index (χ1v) is 7.77. The smallest absolute Gasteiger partial charge is 0.225 e. The van der Waals surface area contributed by atoms with Crippen LogP contribution in [0.1, 0.15) is 36.8 Å². The van der Waals surface area contributed by atoms with Gasteiger partial charge < -0.3 is 5.32 Å². The Bertz CT molecular complexity index is 569. The summed E-state index contributed by atoms with van der Waals surface area (Å²) in [5, 5.41) is 13.0. The van der Waals surface area contributed by atoms with Gasteiger partial charge >= 0.3 is 0 Å². The molecule has 1 amide bonds. The Balaban J connectivity index is 2.37. The number of benzene rings is 1. The Hall–Kier alpha value is -1.73. The molecule has 2 rings (SSSR count). The topological polar surface area (TPSA) is 52.9 Å². The molecule has 1 aliphatic heterocycles. The molecule has 0 aliphatic carbocycles. The molecule has 0 saturated carbocycles. The molecule has 0 fully saturated rings. The third kappa shape index (κ3) is 3.23. The molecule has 1 aromatic rings. The fourth-order valence-electron chi connectivity index (χ4n) is 2.22. The molecule has 1 atom stereocenters. The molecule has 1 heterocycles. The summed E-state index contributed by atoms with van der Waals surface area (Å²) in [6.07, 6.45) is 1.36. The predicted octanol–water partition coefficient (Wildman–Crippen LogP) is 3.48. The number of amides is 1. The first-order chi connectivity index (χ1) is 9.65. The second-order valence-corrected chi connectivity index (χ2v) is 6.02. The van der Waals surface area contributed by atoms with Crippen LogP contribution in [0.3, 0.4) is 0 Å². The van der Waals surface area contributed by atoms with Gasteiger partial charge in [0.1, 0.15) is 0 Å². The summed E-state index contributed by atoms with van der Waals surface area (Å²) in [5.41, 5.74) is 2.90. The van der Waals surface area contributed by atoms with Crippen molar-refractivity contribution in [1.29, 1.82) is 5.26 Å². The lowest BCUT2D eigenvalue weighted by atomic mass is 9.87. The number of hydrogen-bond acceptors (Lipinski definition) is 3. The number of carbonyl (C=O) groups is 1. The maximum absolute atomic E-state index is 11.9. The summed E-state index contributed by atoms with van der Waals surface area (Å²) in [7, 11) is 0. The van der Waals surface area contributed by atoms with Crippen LogP contribution >= 0.6 is 11.8 Å². The highest BCUT2D eigenvalue weighted by Crippen LogP contribution is 2.35. The lowest BCUT2D eigenvalue weighted by molar-refractivity contribution is -0.120. The van der Waals surface area contributed by atoms with Crippen LogP contribution < -0.4 is 5.32 Å². The molecule has 0 unspecified atom stereocenters. The highest BCUT2D eigenvalue weighted by atomic mass is 32.2. The van der Waals surface area contributed by atoms with Crippen molar-refractivity contribution in [2.75, 3.05) is 5.75 Å². The van der Waals surface area contributed by atoms with Crippen LogP contribution in [0.25, 0.3) is 0 Å². The summed E-state index contributed by atoms with van der Waals surface area (Å²) < 4.78 is 0. The Kier molecular flexibility index (Phi) is 4.86. The first-order valence-electron chi connectivity index (χ1n) is 6.79. The maximum Gasteiger partial charge on any atom is 0.225 e. The van der Waals surface area contributed by atoms with E-state index in [1.807, 2.05) is 31.2 Å². The van der Waals surface area contributed by atoms with Crippen molar-refractivity contribution in [2.45, 2.75) is 32.6 Å². The summed E-state index contributed by atoms with van der Waals surface area (Å²) in [4.78, 5) is 11.9. The molecule has 20 heavy (non-hydrogen) atoms. The van der Waals surface area contributed by atoms with Gasteiger partial charge in [-0.3, -0.25) is 4.79 Å². The van der Waals surface area contributed by atoms with Gasteiger partial charge in [-0.1, -0.05) is 36.8 Å². The lowest BCUT2D eigenvalue weighted by Crippen LogP contribution is -2.30. The molecule has 0 spiro atoms. The van der Waals surface area contributed by atoms with E-state index in [0.717, 1.165) is 22.8 Å². The number of thioether (sulfide) groups is 1.